The number of rotatable bonds is 4. The van der Waals surface area contributed by atoms with Crippen molar-refractivity contribution >= 4 is 23.3 Å². The maximum Gasteiger partial charge on any atom is 0.328 e. The minimum absolute atomic E-state index is 0.412. The summed E-state index contributed by atoms with van der Waals surface area (Å²) in [4.78, 5) is 24.2. The summed E-state index contributed by atoms with van der Waals surface area (Å²) >= 11 is 0. The van der Waals surface area contributed by atoms with E-state index in [0.29, 0.717) is 11.4 Å². The van der Waals surface area contributed by atoms with Gasteiger partial charge in [0.15, 0.2) is 0 Å². The number of nitrogens with zero attached hydrogens (tertiary/aromatic N) is 1. The molecule has 0 heterocycles. The molecule has 0 saturated heterocycles. The molecular formula is C16H13NO3. The van der Waals surface area contributed by atoms with Crippen molar-refractivity contribution in [2.75, 3.05) is 4.90 Å². The van der Waals surface area contributed by atoms with Crippen LogP contribution in [0.1, 0.15) is 0 Å². The summed E-state index contributed by atoms with van der Waals surface area (Å²) < 4.78 is 0. The van der Waals surface area contributed by atoms with Gasteiger partial charge in [0.2, 0.25) is 0 Å². The van der Waals surface area contributed by atoms with Gasteiger partial charge < -0.3 is 5.11 Å². The van der Waals surface area contributed by atoms with E-state index in [4.69, 9.17) is 5.11 Å². The average molecular weight is 267 g/mol. The zero-order valence-corrected chi connectivity index (χ0v) is 10.6. The monoisotopic (exact) mass is 267 g/mol. The van der Waals surface area contributed by atoms with E-state index in [0.717, 1.165) is 12.2 Å². The number of amides is 1. The molecule has 100 valence electrons. The van der Waals surface area contributed by atoms with Gasteiger partial charge in [0.05, 0.1) is 0 Å². The van der Waals surface area contributed by atoms with Crippen LogP contribution in [0.25, 0.3) is 0 Å². The third-order valence-electron chi connectivity index (χ3n) is 2.62. The van der Waals surface area contributed by atoms with Crippen molar-refractivity contribution in [2.45, 2.75) is 0 Å². The molecule has 2 rings (SSSR count). The molecule has 0 radical (unpaired) electrons. The maximum absolute atomic E-state index is 12.2. The maximum atomic E-state index is 12.2. The van der Waals surface area contributed by atoms with Crippen LogP contribution in [0.4, 0.5) is 11.4 Å². The zero-order valence-electron chi connectivity index (χ0n) is 10.6. The molecule has 1 amide bonds. The molecule has 0 saturated carbocycles. The van der Waals surface area contributed by atoms with Crippen molar-refractivity contribution < 1.29 is 14.7 Å². The third-order valence-corrected chi connectivity index (χ3v) is 2.62. The lowest BCUT2D eigenvalue weighted by atomic mass is 10.2. The summed E-state index contributed by atoms with van der Waals surface area (Å²) in [5, 5.41) is 8.63. The molecule has 4 heteroatoms. The van der Waals surface area contributed by atoms with Crippen LogP contribution >= 0.6 is 0 Å². The highest BCUT2D eigenvalue weighted by Gasteiger charge is 2.15. The first-order valence-electron chi connectivity index (χ1n) is 6.03. The van der Waals surface area contributed by atoms with Crippen molar-refractivity contribution in [3.63, 3.8) is 0 Å². The molecule has 2 aromatic rings. The molecule has 20 heavy (non-hydrogen) atoms. The number of para-hydroxylation sites is 2. The Morgan fingerprint density at radius 1 is 0.800 bits per heavy atom. The molecule has 4 nitrogen and oxygen atoms in total. The predicted molar refractivity (Wildman–Crippen MR) is 76.8 cm³/mol. The lowest BCUT2D eigenvalue weighted by molar-refractivity contribution is -0.131. The van der Waals surface area contributed by atoms with Crippen LogP contribution in [-0.4, -0.2) is 17.0 Å². The second kappa shape index (κ2) is 6.33. The number of hydrogen-bond acceptors (Lipinski definition) is 2. The SMILES string of the molecule is O=C(O)/C=C\C(=O)N(c1ccccc1)c1ccccc1. The molecule has 0 unspecified atom stereocenters. The van der Waals surface area contributed by atoms with Crippen molar-refractivity contribution in [3.05, 3.63) is 72.8 Å². The fourth-order valence-corrected chi connectivity index (χ4v) is 1.77. The van der Waals surface area contributed by atoms with Gasteiger partial charge in [-0.25, -0.2) is 4.79 Å². The number of carboxylic acid groups (broad SMARTS) is 1. The predicted octanol–water partition coefficient (Wildman–Crippen LogP) is 2.99. The molecule has 2 aromatic carbocycles. The Kier molecular flexibility index (Phi) is 4.29. The number of anilines is 2. The first-order chi connectivity index (χ1) is 9.68. The summed E-state index contributed by atoms with van der Waals surface area (Å²) in [7, 11) is 0. The smallest absolute Gasteiger partial charge is 0.328 e. The van der Waals surface area contributed by atoms with Gasteiger partial charge in [0.25, 0.3) is 5.91 Å². The summed E-state index contributed by atoms with van der Waals surface area (Å²) in [5.41, 5.74) is 1.36. The minimum Gasteiger partial charge on any atom is -0.478 e. The van der Waals surface area contributed by atoms with Gasteiger partial charge in [-0.05, 0) is 24.3 Å². The summed E-state index contributed by atoms with van der Waals surface area (Å²) in [6.07, 6.45) is 1.88. The van der Waals surface area contributed by atoms with Gasteiger partial charge in [-0.3, -0.25) is 9.69 Å². The Hall–Kier alpha value is -2.88. The van der Waals surface area contributed by atoms with E-state index in [-0.39, 0.29) is 0 Å². The molecule has 0 fully saturated rings. The highest BCUT2D eigenvalue weighted by atomic mass is 16.4. The van der Waals surface area contributed by atoms with E-state index in [9.17, 15) is 9.59 Å². The van der Waals surface area contributed by atoms with Crippen molar-refractivity contribution in [3.8, 4) is 0 Å². The molecule has 1 N–H and O–H groups in total. The number of carboxylic acids is 1. The third kappa shape index (κ3) is 3.32. The lowest BCUT2D eigenvalue weighted by Gasteiger charge is -2.21. The number of carbonyl (C=O) groups is 2. The fourth-order valence-electron chi connectivity index (χ4n) is 1.77. The fraction of sp³-hybridized carbons (Fsp3) is 0. The average Bonchev–Trinajstić information content (AvgIpc) is 2.48. The van der Waals surface area contributed by atoms with E-state index < -0.39 is 11.9 Å². The van der Waals surface area contributed by atoms with E-state index in [1.807, 2.05) is 36.4 Å². The standard InChI is InChI=1S/C16H13NO3/c18-15(11-12-16(19)20)17(13-7-3-1-4-8-13)14-9-5-2-6-10-14/h1-12H,(H,19,20)/b12-11-. The van der Waals surface area contributed by atoms with E-state index in [1.165, 1.54) is 4.90 Å². The number of carbonyl (C=O) groups excluding carboxylic acids is 1. The first kappa shape index (κ1) is 13.5. The van der Waals surface area contributed by atoms with Crippen molar-refractivity contribution in [1.82, 2.24) is 0 Å². The van der Waals surface area contributed by atoms with Gasteiger partial charge in [0, 0.05) is 23.5 Å². The van der Waals surface area contributed by atoms with Gasteiger partial charge in [0.1, 0.15) is 0 Å². The molecule has 0 aliphatic carbocycles. The van der Waals surface area contributed by atoms with E-state index in [2.05, 4.69) is 0 Å². The Bertz CT molecular complexity index is 581. The van der Waals surface area contributed by atoms with Gasteiger partial charge in [-0.15, -0.1) is 0 Å². The van der Waals surface area contributed by atoms with Gasteiger partial charge in [-0.1, -0.05) is 36.4 Å². The van der Waals surface area contributed by atoms with Crippen LogP contribution in [-0.2, 0) is 9.59 Å². The molecule has 0 aromatic heterocycles. The molecule has 0 aliphatic rings. The van der Waals surface area contributed by atoms with Crippen LogP contribution < -0.4 is 4.90 Å². The quantitative estimate of drug-likeness (QED) is 0.866. The largest absolute Gasteiger partial charge is 0.478 e. The lowest BCUT2D eigenvalue weighted by Crippen LogP contribution is -2.23. The minimum atomic E-state index is -1.15. The highest BCUT2D eigenvalue weighted by molar-refractivity contribution is 6.08. The first-order valence-corrected chi connectivity index (χ1v) is 6.03. The van der Waals surface area contributed by atoms with E-state index in [1.54, 1.807) is 24.3 Å². The Labute approximate surface area is 116 Å². The Morgan fingerprint density at radius 3 is 1.65 bits per heavy atom. The molecule has 0 atom stereocenters. The number of aliphatic carboxylic acids is 1. The van der Waals surface area contributed by atoms with Crippen LogP contribution in [0, 0.1) is 0 Å². The summed E-state index contributed by atoms with van der Waals surface area (Å²) in [6.45, 7) is 0. The molecule has 0 bridgehead atoms. The summed E-state index contributed by atoms with van der Waals surface area (Å²) in [6, 6.07) is 18.1. The molecular weight excluding hydrogens is 254 g/mol. The second-order valence-corrected chi connectivity index (χ2v) is 4.02. The van der Waals surface area contributed by atoms with Crippen LogP contribution in [0.3, 0.4) is 0 Å². The summed E-state index contributed by atoms with van der Waals surface area (Å²) in [5.74, 6) is -1.57. The molecule has 0 aliphatic heterocycles. The van der Waals surface area contributed by atoms with Crippen LogP contribution in [0.5, 0.6) is 0 Å². The van der Waals surface area contributed by atoms with Crippen molar-refractivity contribution in [2.24, 2.45) is 0 Å². The van der Waals surface area contributed by atoms with Crippen LogP contribution in [0.15, 0.2) is 72.8 Å². The normalized spacial score (nSPS) is 10.4. The second-order valence-electron chi connectivity index (χ2n) is 4.02. The van der Waals surface area contributed by atoms with Crippen LogP contribution in [0.2, 0.25) is 0 Å². The number of hydrogen-bond donors (Lipinski definition) is 1. The van der Waals surface area contributed by atoms with Gasteiger partial charge >= 0.3 is 5.97 Å². The topological polar surface area (TPSA) is 57.6 Å². The molecule has 0 spiro atoms. The van der Waals surface area contributed by atoms with Crippen molar-refractivity contribution in [1.29, 1.82) is 0 Å². The zero-order chi connectivity index (χ0) is 14.4. The van der Waals surface area contributed by atoms with Gasteiger partial charge in [-0.2, -0.15) is 0 Å². The Balaban J connectivity index is 2.40. The number of benzene rings is 2. The Morgan fingerprint density at radius 2 is 1.25 bits per heavy atom. The highest BCUT2D eigenvalue weighted by Crippen LogP contribution is 2.25. The van der Waals surface area contributed by atoms with E-state index >= 15 is 0 Å².